The van der Waals surface area contributed by atoms with Crippen LogP contribution in [-0.2, 0) is 15.9 Å². The molecule has 0 unspecified atom stereocenters. The van der Waals surface area contributed by atoms with E-state index in [9.17, 15) is 19.2 Å². The molecule has 0 atom stereocenters. The molecule has 2 aromatic heterocycles. The first-order chi connectivity index (χ1) is 13.9. The zero-order valence-electron chi connectivity index (χ0n) is 16.4. The van der Waals surface area contributed by atoms with Crippen molar-refractivity contribution in [3.63, 3.8) is 0 Å². The summed E-state index contributed by atoms with van der Waals surface area (Å²) in [5, 5.41) is 0.438. The van der Waals surface area contributed by atoms with Crippen molar-refractivity contribution in [2.24, 2.45) is 0 Å². The van der Waals surface area contributed by atoms with Crippen LogP contribution in [-0.4, -0.2) is 30.1 Å². The summed E-state index contributed by atoms with van der Waals surface area (Å²) in [5.74, 6) is -1.62. The van der Waals surface area contributed by atoms with Gasteiger partial charge in [-0.2, -0.15) is 0 Å². The molecular weight excluding hydrogens is 378 g/mol. The number of fused-ring (bicyclic) bond motifs is 2. The molecule has 0 spiro atoms. The lowest BCUT2D eigenvalue weighted by Crippen LogP contribution is -2.15. The van der Waals surface area contributed by atoms with E-state index in [1.54, 1.807) is 13.8 Å². The minimum Gasteiger partial charge on any atom is -0.461 e. The van der Waals surface area contributed by atoms with Gasteiger partial charge in [-0.1, -0.05) is 13.3 Å². The van der Waals surface area contributed by atoms with E-state index < -0.39 is 22.8 Å². The Balaban J connectivity index is 2.40. The van der Waals surface area contributed by atoms with Crippen molar-refractivity contribution in [2.45, 2.75) is 33.6 Å². The molecule has 0 saturated carbocycles. The number of pyridine rings is 1. The Morgan fingerprint density at radius 2 is 1.59 bits per heavy atom. The van der Waals surface area contributed by atoms with Crippen molar-refractivity contribution in [3.05, 3.63) is 55.7 Å². The molecule has 0 aliphatic carbocycles. The van der Waals surface area contributed by atoms with E-state index in [0.29, 0.717) is 23.9 Å². The van der Waals surface area contributed by atoms with E-state index in [1.165, 1.54) is 6.07 Å². The lowest BCUT2D eigenvalue weighted by atomic mass is 10.0. The Kier molecular flexibility index (Phi) is 5.81. The first-order valence-corrected chi connectivity index (χ1v) is 9.42. The standard InChI is InChI=1S/C21H21NO7/c1-4-7-11-18-12(15(23)9-14(22-18)20(25)27-5-2)8-13-16(24)10-17(29-19(11)13)21(26)28-6-3/h8-10H,4-7H2,1-3H3,(H,22,23). The van der Waals surface area contributed by atoms with Crippen LogP contribution in [0.15, 0.2) is 32.2 Å². The molecule has 152 valence electrons. The zero-order valence-corrected chi connectivity index (χ0v) is 16.4. The Labute approximate surface area is 165 Å². The number of rotatable bonds is 6. The summed E-state index contributed by atoms with van der Waals surface area (Å²) in [7, 11) is 0. The highest BCUT2D eigenvalue weighted by molar-refractivity contribution is 6.00. The third-order valence-corrected chi connectivity index (χ3v) is 4.39. The number of hydrogen-bond acceptors (Lipinski definition) is 7. The number of carbonyl (C=O) groups is 2. The Morgan fingerprint density at radius 3 is 2.24 bits per heavy atom. The topological polar surface area (TPSA) is 116 Å². The van der Waals surface area contributed by atoms with Gasteiger partial charge in [0.25, 0.3) is 0 Å². The average molecular weight is 399 g/mol. The summed E-state index contributed by atoms with van der Waals surface area (Å²) in [6, 6.07) is 3.62. The van der Waals surface area contributed by atoms with Crippen LogP contribution in [0, 0.1) is 0 Å². The third-order valence-electron chi connectivity index (χ3n) is 4.39. The molecule has 0 aliphatic heterocycles. The molecule has 8 heteroatoms. The predicted molar refractivity (Wildman–Crippen MR) is 107 cm³/mol. The minimum absolute atomic E-state index is 0.00458. The number of aromatic nitrogens is 1. The number of carbonyl (C=O) groups excluding carboxylic acids is 2. The largest absolute Gasteiger partial charge is 0.461 e. The molecule has 0 amide bonds. The Bertz CT molecular complexity index is 1130. The van der Waals surface area contributed by atoms with Crippen molar-refractivity contribution in [2.75, 3.05) is 13.2 Å². The van der Waals surface area contributed by atoms with Crippen molar-refractivity contribution in [3.8, 4) is 0 Å². The average Bonchev–Trinajstić information content (AvgIpc) is 2.69. The molecule has 0 fully saturated rings. The molecule has 0 aliphatic rings. The van der Waals surface area contributed by atoms with Gasteiger partial charge in [-0.05, 0) is 26.3 Å². The normalized spacial score (nSPS) is 11.0. The van der Waals surface area contributed by atoms with E-state index in [-0.39, 0.29) is 41.0 Å². The summed E-state index contributed by atoms with van der Waals surface area (Å²) in [5.41, 5.74) is 0.222. The van der Waals surface area contributed by atoms with Gasteiger partial charge in [-0.3, -0.25) is 9.59 Å². The second-order valence-corrected chi connectivity index (χ2v) is 6.37. The van der Waals surface area contributed by atoms with E-state index >= 15 is 0 Å². The van der Waals surface area contributed by atoms with Gasteiger partial charge in [-0.25, -0.2) is 9.59 Å². The second-order valence-electron chi connectivity index (χ2n) is 6.37. The Morgan fingerprint density at radius 1 is 0.931 bits per heavy atom. The van der Waals surface area contributed by atoms with Crippen LogP contribution < -0.4 is 10.9 Å². The third kappa shape index (κ3) is 3.78. The molecule has 0 radical (unpaired) electrons. The highest BCUT2D eigenvalue weighted by Crippen LogP contribution is 2.27. The second kappa shape index (κ2) is 8.30. The van der Waals surface area contributed by atoms with Gasteiger partial charge in [0.15, 0.2) is 10.9 Å². The van der Waals surface area contributed by atoms with Crippen LogP contribution >= 0.6 is 0 Å². The maximum Gasteiger partial charge on any atom is 0.374 e. The van der Waals surface area contributed by atoms with Gasteiger partial charge < -0.3 is 18.9 Å². The van der Waals surface area contributed by atoms with Gasteiger partial charge in [0.1, 0.15) is 11.3 Å². The van der Waals surface area contributed by atoms with Gasteiger partial charge >= 0.3 is 11.9 Å². The molecule has 0 bridgehead atoms. The van der Waals surface area contributed by atoms with Crippen LogP contribution in [0.5, 0.6) is 0 Å². The van der Waals surface area contributed by atoms with Crippen LogP contribution in [0.25, 0.3) is 21.9 Å². The maximum absolute atomic E-state index is 12.6. The number of aryl methyl sites for hydroxylation is 1. The molecule has 2 heterocycles. The number of H-pyrrole nitrogens is 1. The molecule has 3 rings (SSSR count). The van der Waals surface area contributed by atoms with E-state index in [4.69, 9.17) is 13.9 Å². The van der Waals surface area contributed by atoms with Crippen LogP contribution in [0.2, 0.25) is 0 Å². The highest BCUT2D eigenvalue weighted by Gasteiger charge is 2.20. The van der Waals surface area contributed by atoms with Crippen molar-refractivity contribution >= 4 is 33.8 Å². The molecule has 8 nitrogen and oxygen atoms in total. The van der Waals surface area contributed by atoms with E-state index in [2.05, 4.69) is 4.98 Å². The van der Waals surface area contributed by atoms with Gasteiger partial charge in [0.05, 0.1) is 24.1 Å². The zero-order chi connectivity index (χ0) is 21.1. The monoisotopic (exact) mass is 399 g/mol. The fourth-order valence-electron chi connectivity index (χ4n) is 3.18. The lowest BCUT2D eigenvalue weighted by Gasteiger charge is -2.12. The number of esters is 2. The van der Waals surface area contributed by atoms with Gasteiger partial charge in [0, 0.05) is 23.1 Å². The maximum atomic E-state index is 12.6. The van der Waals surface area contributed by atoms with Crippen LogP contribution in [0.3, 0.4) is 0 Å². The first-order valence-electron chi connectivity index (χ1n) is 9.42. The molecule has 3 aromatic rings. The summed E-state index contributed by atoms with van der Waals surface area (Å²) in [4.78, 5) is 52.4. The quantitative estimate of drug-likeness (QED) is 0.500. The summed E-state index contributed by atoms with van der Waals surface area (Å²) in [6.07, 6.45) is 1.12. The summed E-state index contributed by atoms with van der Waals surface area (Å²) in [6.45, 7) is 5.53. The van der Waals surface area contributed by atoms with Crippen molar-refractivity contribution < 1.29 is 23.5 Å². The summed E-state index contributed by atoms with van der Waals surface area (Å²) < 4.78 is 15.6. The van der Waals surface area contributed by atoms with Crippen molar-refractivity contribution in [1.29, 1.82) is 0 Å². The van der Waals surface area contributed by atoms with Gasteiger partial charge in [0.2, 0.25) is 5.76 Å². The van der Waals surface area contributed by atoms with E-state index in [0.717, 1.165) is 12.1 Å². The molecule has 29 heavy (non-hydrogen) atoms. The van der Waals surface area contributed by atoms with Crippen LogP contribution in [0.1, 0.15) is 53.8 Å². The molecule has 1 N–H and O–H groups in total. The number of nitrogens with one attached hydrogen (secondary N) is 1. The fourth-order valence-corrected chi connectivity index (χ4v) is 3.18. The van der Waals surface area contributed by atoms with Crippen molar-refractivity contribution in [1.82, 2.24) is 4.98 Å². The minimum atomic E-state index is -0.747. The fraction of sp³-hybridized carbons (Fsp3) is 0.333. The highest BCUT2D eigenvalue weighted by atomic mass is 16.5. The Hall–Kier alpha value is -3.42. The molecule has 1 aromatic carbocycles. The number of benzene rings is 1. The van der Waals surface area contributed by atoms with E-state index in [1.807, 2.05) is 6.92 Å². The predicted octanol–water partition coefficient (Wildman–Crippen LogP) is 2.94. The SMILES string of the molecule is CCCc1c2[nH]c(C(=O)OCC)cc(=O)c2cc2c(=O)cc(C(=O)OCC)oc12. The molecule has 0 saturated heterocycles. The van der Waals surface area contributed by atoms with Crippen LogP contribution in [0.4, 0.5) is 0 Å². The number of ether oxygens (including phenoxy) is 2. The number of aromatic amines is 1. The number of hydrogen-bond donors (Lipinski definition) is 1. The summed E-state index contributed by atoms with van der Waals surface area (Å²) >= 11 is 0. The van der Waals surface area contributed by atoms with Gasteiger partial charge in [-0.15, -0.1) is 0 Å². The first kappa shape index (κ1) is 20.3. The lowest BCUT2D eigenvalue weighted by molar-refractivity contribution is 0.0488. The molecular formula is C21H21NO7. The smallest absolute Gasteiger partial charge is 0.374 e.